The van der Waals surface area contributed by atoms with Crippen LogP contribution >= 0.6 is 0 Å². The van der Waals surface area contributed by atoms with Crippen LogP contribution in [0.25, 0.3) is 0 Å². The first kappa shape index (κ1) is 15.4. The maximum atomic E-state index is 13.4. The van der Waals surface area contributed by atoms with E-state index in [1.165, 1.54) is 6.07 Å². The molecule has 2 amide bonds. The highest BCUT2D eigenvalue weighted by Gasteiger charge is 2.14. The Bertz CT molecular complexity index is 426. The van der Waals surface area contributed by atoms with E-state index in [4.69, 9.17) is 5.73 Å². The first-order valence-corrected chi connectivity index (χ1v) is 6.29. The predicted molar refractivity (Wildman–Crippen MR) is 70.9 cm³/mol. The van der Waals surface area contributed by atoms with E-state index in [0.29, 0.717) is 26.1 Å². The third-order valence-corrected chi connectivity index (χ3v) is 2.59. The van der Waals surface area contributed by atoms with Gasteiger partial charge in [-0.15, -0.1) is 0 Å². The van der Waals surface area contributed by atoms with Crippen LogP contribution in [-0.2, 0) is 0 Å². The van der Waals surface area contributed by atoms with Gasteiger partial charge in [0.05, 0.1) is 5.69 Å². The average Bonchev–Trinajstić information content (AvgIpc) is 2.37. The second kappa shape index (κ2) is 7.68. The predicted octanol–water partition coefficient (Wildman–Crippen LogP) is 2.56. The van der Waals surface area contributed by atoms with Crippen LogP contribution in [0.5, 0.6) is 0 Å². The summed E-state index contributed by atoms with van der Waals surface area (Å²) in [6, 6.07) is 2.64. The summed E-state index contributed by atoms with van der Waals surface area (Å²) in [4.78, 5) is 13.5. The van der Waals surface area contributed by atoms with Gasteiger partial charge in [0.1, 0.15) is 11.6 Å². The zero-order chi connectivity index (χ0) is 14.3. The molecule has 0 aliphatic heterocycles. The van der Waals surface area contributed by atoms with Gasteiger partial charge in [-0.1, -0.05) is 6.92 Å². The molecule has 1 aromatic rings. The van der Waals surface area contributed by atoms with Crippen LogP contribution in [0.1, 0.15) is 19.8 Å². The Morgan fingerprint density at radius 1 is 1.37 bits per heavy atom. The van der Waals surface area contributed by atoms with Crippen molar-refractivity contribution in [2.75, 3.05) is 25.0 Å². The Balaban J connectivity index is 2.69. The lowest BCUT2D eigenvalue weighted by atomic mass is 10.3. The van der Waals surface area contributed by atoms with Crippen molar-refractivity contribution in [1.29, 1.82) is 0 Å². The van der Waals surface area contributed by atoms with E-state index < -0.39 is 17.7 Å². The molecule has 0 aromatic heterocycles. The summed E-state index contributed by atoms with van der Waals surface area (Å²) >= 11 is 0. The molecule has 1 rings (SSSR count). The second-order valence-electron chi connectivity index (χ2n) is 4.18. The Morgan fingerprint density at radius 2 is 2.11 bits per heavy atom. The largest absolute Gasteiger partial charge is 0.330 e. The quantitative estimate of drug-likeness (QED) is 0.835. The number of anilines is 1. The van der Waals surface area contributed by atoms with Crippen LogP contribution in [-0.4, -0.2) is 30.6 Å². The number of carbonyl (C=O) groups excluding carboxylic acids is 1. The lowest BCUT2D eigenvalue weighted by Gasteiger charge is -2.22. The van der Waals surface area contributed by atoms with Crippen LogP contribution in [0.4, 0.5) is 19.3 Å². The molecule has 0 bridgehead atoms. The van der Waals surface area contributed by atoms with E-state index in [2.05, 4.69) is 5.32 Å². The number of nitrogens with one attached hydrogen (secondary N) is 1. The molecule has 0 fully saturated rings. The molecule has 106 valence electrons. The van der Waals surface area contributed by atoms with Gasteiger partial charge in [-0.2, -0.15) is 0 Å². The molecule has 6 heteroatoms. The first-order chi connectivity index (χ1) is 9.08. The van der Waals surface area contributed by atoms with E-state index >= 15 is 0 Å². The topological polar surface area (TPSA) is 58.4 Å². The van der Waals surface area contributed by atoms with Gasteiger partial charge in [0.15, 0.2) is 0 Å². The second-order valence-corrected chi connectivity index (χ2v) is 4.18. The third-order valence-electron chi connectivity index (χ3n) is 2.59. The van der Waals surface area contributed by atoms with Gasteiger partial charge in [0, 0.05) is 19.2 Å². The van der Waals surface area contributed by atoms with E-state index in [0.717, 1.165) is 18.6 Å². The highest BCUT2D eigenvalue weighted by molar-refractivity contribution is 5.89. The lowest BCUT2D eigenvalue weighted by Crippen LogP contribution is -2.37. The van der Waals surface area contributed by atoms with Crippen molar-refractivity contribution in [3.05, 3.63) is 29.8 Å². The van der Waals surface area contributed by atoms with Gasteiger partial charge in [-0.05, 0) is 31.5 Å². The van der Waals surface area contributed by atoms with E-state index in [1.807, 2.05) is 6.92 Å². The van der Waals surface area contributed by atoms with Gasteiger partial charge in [0.2, 0.25) is 0 Å². The Hall–Kier alpha value is -1.69. The minimum absolute atomic E-state index is 0.0275. The number of carbonyl (C=O) groups is 1. The SMILES string of the molecule is CCCN(CCCN)C(=O)Nc1ccc(F)cc1F. The first-order valence-electron chi connectivity index (χ1n) is 6.29. The maximum absolute atomic E-state index is 13.4. The molecule has 0 radical (unpaired) electrons. The number of nitrogens with zero attached hydrogens (tertiary/aromatic N) is 1. The number of halogens is 2. The number of nitrogens with two attached hydrogens (primary N) is 1. The van der Waals surface area contributed by atoms with Crippen molar-refractivity contribution in [3.63, 3.8) is 0 Å². The fourth-order valence-corrected chi connectivity index (χ4v) is 1.65. The van der Waals surface area contributed by atoms with Crippen LogP contribution < -0.4 is 11.1 Å². The summed E-state index contributed by atoms with van der Waals surface area (Å²) in [6.45, 7) is 3.51. The number of urea groups is 1. The lowest BCUT2D eigenvalue weighted by molar-refractivity contribution is 0.211. The van der Waals surface area contributed by atoms with Crippen LogP contribution in [0, 0.1) is 11.6 Å². The van der Waals surface area contributed by atoms with Crippen molar-refractivity contribution < 1.29 is 13.6 Å². The monoisotopic (exact) mass is 271 g/mol. The molecule has 0 heterocycles. The Morgan fingerprint density at radius 3 is 2.68 bits per heavy atom. The zero-order valence-electron chi connectivity index (χ0n) is 11.0. The highest BCUT2D eigenvalue weighted by atomic mass is 19.1. The highest BCUT2D eigenvalue weighted by Crippen LogP contribution is 2.15. The van der Waals surface area contributed by atoms with Gasteiger partial charge in [-0.3, -0.25) is 0 Å². The van der Waals surface area contributed by atoms with E-state index in [9.17, 15) is 13.6 Å². The summed E-state index contributed by atoms with van der Waals surface area (Å²) in [6.07, 6.45) is 1.48. The molecule has 4 nitrogen and oxygen atoms in total. The number of amides is 2. The normalized spacial score (nSPS) is 10.3. The summed E-state index contributed by atoms with van der Waals surface area (Å²) in [5.41, 5.74) is 5.38. The van der Waals surface area contributed by atoms with Crippen molar-refractivity contribution in [1.82, 2.24) is 4.90 Å². The minimum Gasteiger partial charge on any atom is -0.330 e. The van der Waals surface area contributed by atoms with Gasteiger partial charge < -0.3 is 16.0 Å². The van der Waals surface area contributed by atoms with E-state index in [1.54, 1.807) is 4.90 Å². The molecule has 1 aromatic carbocycles. The summed E-state index contributed by atoms with van der Waals surface area (Å²) in [5.74, 6) is -1.47. The Kier molecular flexibility index (Phi) is 6.21. The molecule has 0 unspecified atom stereocenters. The smallest absolute Gasteiger partial charge is 0.321 e. The maximum Gasteiger partial charge on any atom is 0.321 e. The molecular weight excluding hydrogens is 252 g/mol. The zero-order valence-corrected chi connectivity index (χ0v) is 11.0. The summed E-state index contributed by atoms with van der Waals surface area (Å²) in [5, 5.41) is 2.44. The van der Waals surface area contributed by atoms with Crippen LogP contribution in [0.2, 0.25) is 0 Å². The summed E-state index contributed by atoms with van der Waals surface area (Å²) < 4.78 is 26.2. The standard InChI is InChI=1S/C13H19F2N3O/c1-2-7-18(8-3-6-16)13(19)17-12-5-4-10(14)9-11(12)15/h4-5,9H,2-3,6-8,16H2,1H3,(H,17,19). The number of hydrogen-bond acceptors (Lipinski definition) is 2. The number of rotatable bonds is 6. The van der Waals surface area contributed by atoms with Crippen molar-refractivity contribution in [2.24, 2.45) is 5.73 Å². The molecule has 0 aliphatic rings. The number of benzene rings is 1. The van der Waals surface area contributed by atoms with Gasteiger partial charge in [-0.25, -0.2) is 13.6 Å². The fraction of sp³-hybridized carbons (Fsp3) is 0.462. The Labute approximate surface area is 111 Å². The van der Waals surface area contributed by atoms with Gasteiger partial charge in [0.25, 0.3) is 0 Å². The molecule has 0 saturated heterocycles. The molecule has 0 saturated carbocycles. The molecule has 0 atom stereocenters. The number of hydrogen-bond donors (Lipinski definition) is 2. The van der Waals surface area contributed by atoms with Crippen molar-refractivity contribution in [3.8, 4) is 0 Å². The molecule has 19 heavy (non-hydrogen) atoms. The van der Waals surface area contributed by atoms with Gasteiger partial charge >= 0.3 is 6.03 Å². The molecule has 3 N–H and O–H groups in total. The average molecular weight is 271 g/mol. The third kappa shape index (κ3) is 4.82. The molecule has 0 aliphatic carbocycles. The van der Waals surface area contributed by atoms with Crippen LogP contribution in [0.3, 0.4) is 0 Å². The minimum atomic E-state index is -0.788. The van der Waals surface area contributed by atoms with Crippen molar-refractivity contribution in [2.45, 2.75) is 19.8 Å². The summed E-state index contributed by atoms with van der Waals surface area (Å²) in [7, 11) is 0. The van der Waals surface area contributed by atoms with E-state index in [-0.39, 0.29) is 5.69 Å². The fourth-order valence-electron chi connectivity index (χ4n) is 1.65. The van der Waals surface area contributed by atoms with Crippen molar-refractivity contribution >= 4 is 11.7 Å². The molecule has 0 spiro atoms. The molecular formula is C13H19F2N3O. The van der Waals surface area contributed by atoms with Crippen LogP contribution in [0.15, 0.2) is 18.2 Å².